The van der Waals surface area contributed by atoms with Gasteiger partial charge in [0.05, 0.1) is 11.1 Å². The third-order valence-electron chi connectivity index (χ3n) is 3.12. The van der Waals surface area contributed by atoms with E-state index in [0.29, 0.717) is 0 Å². The van der Waals surface area contributed by atoms with Gasteiger partial charge in [0.15, 0.2) is 0 Å². The van der Waals surface area contributed by atoms with Gasteiger partial charge in [-0.3, -0.25) is 0 Å². The Morgan fingerprint density at radius 1 is 1.32 bits per heavy atom. The summed E-state index contributed by atoms with van der Waals surface area (Å²) in [5.74, 6) is 1.74. The lowest BCUT2D eigenvalue weighted by Gasteiger charge is -2.17. The minimum atomic E-state index is 0.722. The molecule has 1 aromatic heterocycles. The monoisotopic (exact) mass is 319 g/mol. The number of aromatic nitrogens is 2. The van der Waals surface area contributed by atoms with E-state index in [2.05, 4.69) is 38.0 Å². The summed E-state index contributed by atoms with van der Waals surface area (Å²) in [5, 5.41) is 0. The van der Waals surface area contributed by atoms with Crippen LogP contribution in [0.25, 0.3) is 0 Å². The van der Waals surface area contributed by atoms with Gasteiger partial charge in [0, 0.05) is 32.4 Å². The number of nitrogens with zero attached hydrogens (tertiary/aromatic N) is 3. The molecule has 0 unspecified atom stereocenters. The highest BCUT2D eigenvalue weighted by atomic mass is 79.9. The molecule has 0 bridgehead atoms. The van der Waals surface area contributed by atoms with Crippen molar-refractivity contribution in [1.82, 2.24) is 9.97 Å². The van der Waals surface area contributed by atoms with Crippen LogP contribution in [0.15, 0.2) is 35.1 Å². The smallest absolute Gasteiger partial charge is 0.225 e. The molecule has 4 nitrogen and oxygen atoms in total. The van der Waals surface area contributed by atoms with Crippen LogP contribution in [0.1, 0.15) is 11.1 Å². The molecule has 0 atom stereocenters. The summed E-state index contributed by atoms with van der Waals surface area (Å²) in [6, 6.07) is 6.35. The number of fused-ring (bicyclic) bond motifs is 1. The van der Waals surface area contributed by atoms with Gasteiger partial charge >= 0.3 is 0 Å². The van der Waals surface area contributed by atoms with Crippen LogP contribution < -0.4 is 9.64 Å². The summed E-state index contributed by atoms with van der Waals surface area (Å²) in [6.45, 7) is 1.58. The van der Waals surface area contributed by atoms with Crippen molar-refractivity contribution < 1.29 is 4.74 Å². The molecule has 1 aromatic carbocycles. The molecule has 3 rings (SSSR count). The zero-order valence-electron chi connectivity index (χ0n) is 10.6. The molecular weight excluding hydrogens is 306 g/mol. The van der Waals surface area contributed by atoms with Gasteiger partial charge in [-0.25, -0.2) is 9.97 Å². The molecule has 2 heterocycles. The van der Waals surface area contributed by atoms with Crippen molar-refractivity contribution >= 4 is 21.9 Å². The first-order chi connectivity index (χ1) is 9.22. The molecule has 0 aliphatic carbocycles. The number of ether oxygens (including phenoxy) is 1. The number of hydrogen-bond donors (Lipinski definition) is 0. The molecule has 2 aromatic rings. The van der Waals surface area contributed by atoms with Crippen molar-refractivity contribution in [3.63, 3.8) is 0 Å². The normalized spacial score (nSPS) is 12.9. The van der Waals surface area contributed by atoms with Gasteiger partial charge in [0.2, 0.25) is 5.95 Å². The van der Waals surface area contributed by atoms with Gasteiger partial charge in [-0.15, -0.1) is 0 Å². The number of halogens is 1. The summed E-state index contributed by atoms with van der Waals surface area (Å²) in [4.78, 5) is 10.6. The second-order valence-corrected chi connectivity index (χ2v) is 5.51. The van der Waals surface area contributed by atoms with Crippen molar-refractivity contribution in [3.05, 3.63) is 46.2 Å². The van der Waals surface area contributed by atoms with Crippen LogP contribution in [0.2, 0.25) is 0 Å². The van der Waals surface area contributed by atoms with E-state index in [9.17, 15) is 0 Å². The minimum absolute atomic E-state index is 0.722. The molecule has 0 N–H and O–H groups in total. The molecule has 19 heavy (non-hydrogen) atoms. The fraction of sp³-hybridized carbons (Fsp3) is 0.286. The Labute approximate surface area is 120 Å². The van der Waals surface area contributed by atoms with Crippen LogP contribution in [0.4, 0.5) is 5.95 Å². The Kier molecular flexibility index (Phi) is 3.38. The first kappa shape index (κ1) is 12.4. The topological polar surface area (TPSA) is 38.2 Å². The van der Waals surface area contributed by atoms with Crippen LogP contribution in [-0.4, -0.2) is 23.6 Å². The molecule has 98 valence electrons. The van der Waals surface area contributed by atoms with Gasteiger partial charge in [0.25, 0.3) is 0 Å². The molecule has 0 radical (unpaired) electrons. The number of rotatable bonds is 3. The van der Waals surface area contributed by atoms with E-state index in [0.717, 1.165) is 35.7 Å². The predicted molar refractivity (Wildman–Crippen MR) is 77.5 cm³/mol. The maximum atomic E-state index is 5.51. The Morgan fingerprint density at radius 3 is 2.89 bits per heavy atom. The minimum Gasteiger partial charge on any atom is -0.493 e. The van der Waals surface area contributed by atoms with E-state index in [-0.39, 0.29) is 0 Å². The number of anilines is 1. The lowest BCUT2D eigenvalue weighted by atomic mass is 10.1. The SMILES string of the molecule is CN(Cc1ccc2c(c1)CCO2)c1ncc(Br)cn1. The zero-order valence-corrected chi connectivity index (χ0v) is 12.2. The van der Waals surface area contributed by atoms with Crippen LogP contribution in [0.3, 0.4) is 0 Å². The standard InChI is InChI=1S/C14H14BrN3O/c1-18(14-16-7-12(15)8-17-14)9-10-2-3-13-11(6-10)4-5-19-13/h2-3,6-8H,4-5,9H2,1H3. The van der Waals surface area contributed by atoms with Gasteiger partial charge < -0.3 is 9.64 Å². The Morgan fingerprint density at radius 2 is 2.11 bits per heavy atom. The van der Waals surface area contributed by atoms with Crippen molar-refractivity contribution in [3.8, 4) is 5.75 Å². The molecule has 0 spiro atoms. The quantitative estimate of drug-likeness (QED) is 0.872. The maximum Gasteiger partial charge on any atom is 0.225 e. The van der Waals surface area contributed by atoms with Crippen molar-refractivity contribution in [1.29, 1.82) is 0 Å². The zero-order chi connectivity index (χ0) is 13.2. The average molecular weight is 320 g/mol. The molecule has 0 fully saturated rings. The van der Waals surface area contributed by atoms with E-state index in [1.54, 1.807) is 12.4 Å². The third-order valence-corrected chi connectivity index (χ3v) is 3.53. The number of hydrogen-bond acceptors (Lipinski definition) is 4. The van der Waals surface area contributed by atoms with Gasteiger partial charge in [-0.2, -0.15) is 0 Å². The Bertz CT molecular complexity index is 586. The summed E-state index contributed by atoms with van der Waals surface area (Å²) < 4.78 is 6.40. The molecule has 5 heteroatoms. The van der Waals surface area contributed by atoms with E-state index < -0.39 is 0 Å². The number of benzene rings is 1. The van der Waals surface area contributed by atoms with E-state index >= 15 is 0 Å². The summed E-state index contributed by atoms with van der Waals surface area (Å²) >= 11 is 3.34. The fourth-order valence-corrected chi connectivity index (χ4v) is 2.39. The third kappa shape index (κ3) is 2.71. The lowest BCUT2D eigenvalue weighted by Crippen LogP contribution is -2.18. The fourth-order valence-electron chi connectivity index (χ4n) is 2.19. The summed E-state index contributed by atoms with van der Waals surface area (Å²) in [5.41, 5.74) is 2.54. The Hall–Kier alpha value is -1.62. The second-order valence-electron chi connectivity index (χ2n) is 4.60. The first-order valence-electron chi connectivity index (χ1n) is 6.15. The van der Waals surface area contributed by atoms with Gasteiger partial charge in [-0.05, 0) is 33.1 Å². The molecule has 1 aliphatic heterocycles. The Balaban J connectivity index is 1.75. The maximum absolute atomic E-state index is 5.51. The second kappa shape index (κ2) is 5.17. The highest BCUT2D eigenvalue weighted by molar-refractivity contribution is 9.10. The van der Waals surface area contributed by atoms with Gasteiger partial charge in [0.1, 0.15) is 5.75 Å². The largest absolute Gasteiger partial charge is 0.493 e. The van der Waals surface area contributed by atoms with Crippen LogP contribution in [0, 0.1) is 0 Å². The van der Waals surface area contributed by atoms with Crippen molar-refractivity contribution in [2.24, 2.45) is 0 Å². The molecule has 0 amide bonds. The average Bonchev–Trinajstić information content (AvgIpc) is 2.87. The van der Waals surface area contributed by atoms with E-state index in [1.165, 1.54) is 11.1 Å². The lowest BCUT2D eigenvalue weighted by molar-refractivity contribution is 0.357. The van der Waals surface area contributed by atoms with Crippen molar-refractivity contribution in [2.75, 3.05) is 18.6 Å². The predicted octanol–water partition coefficient (Wildman–Crippen LogP) is 2.81. The highest BCUT2D eigenvalue weighted by Crippen LogP contribution is 2.26. The molecular formula is C14H14BrN3O. The molecule has 1 aliphatic rings. The van der Waals surface area contributed by atoms with Gasteiger partial charge in [-0.1, -0.05) is 12.1 Å². The molecule has 0 saturated heterocycles. The van der Waals surface area contributed by atoms with Crippen LogP contribution in [0.5, 0.6) is 5.75 Å². The van der Waals surface area contributed by atoms with E-state index in [4.69, 9.17) is 4.74 Å². The highest BCUT2D eigenvalue weighted by Gasteiger charge is 2.13. The van der Waals surface area contributed by atoms with E-state index in [1.807, 2.05) is 18.0 Å². The van der Waals surface area contributed by atoms with Crippen LogP contribution in [-0.2, 0) is 13.0 Å². The molecule has 0 saturated carbocycles. The summed E-state index contributed by atoms with van der Waals surface area (Å²) in [6.07, 6.45) is 4.52. The first-order valence-corrected chi connectivity index (χ1v) is 6.95. The summed E-state index contributed by atoms with van der Waals surface area (Å²) in [7, 11) is 1.99. The van der Waals surface area contributed by atoms with Crippen molar-refractivity contribution in [2.45, 2.75) is 13.0 Å². The van der Waals surface area contributed by atoms with Crippen LogP contribution >= 0.6 is 15.9 Å².